The van der Waals surface area contributed by atoms with Gasteiger partial charge in [-0.2, -0.15) is 0 Å². The highest BCUT2D eigenvalue weighted by molar-refractivity contribution is 5.87. The van der Waals surface area contributed by atoms with Gasteiger partial charge in [0.15, 0.2) is 48.0 Å². The SMILES string of the molecule is C[C@@H]1O[C@@H](OC[C@H]2O[C@@H](OC[C@@H](O)c3ccc(O)c(O)c3)[C@H](O)[C@@H](O[C@@H]3O[C@@H](C)[C@H](O)[C@@H](O)[C@H]3O)[C@@H]2OC(=O)/C=C/c2ccc(O)c(O)c2)[C@H](O)[C@H](O)[C@H]1O. The largest absolute Gasteiger partial charge is 0.504 e. The van der Waals surface area contributed by atoms with Crippen molar-refractivity contribution in [3.8, 4) is 23.0 Å². The molecule has 3 aliphatic heterocycles. The third-order valence-corrected chi connectivity index (χ3v) is 9.41. The van der Waals surface area contributed by atoms with Gasteiger partial charge in [0.1, 0.15) is 61.0 Å². The van der Waals surface area contributed by atoms with E-state index in [1.807, 2.05) is 0 Å². The number of rotatable bonds is 12. The minimum absolute atomic E-state index is 0.0902. The quantitative estimate of drug-likeness (QED) is 0.0593. The molecule has 0 amide bonds. The zero-order valence-electron chi connectivity index (χ0n) is 29.4. The summed E-state index contributed by atoms with van der Waals surface area (Å²) in [6, 6.07) is 7.17. The molecule has 55 heavy (non-hydrogen) atoms. The van der Waals surface area contributed by atoms with Gasteiger partial charge in [-0.3, -0.25) is 0 Å². The van der Waals surface area contributed by atoms with Crippen LogP contribution in [0.1, 0.15) is 31.1 Å². The van der Waals surface area contributed by atoms with Crippen LogP contribution in [0, 0.1) is 0 Å². The van der Waals surface area contributed by atoms with Gasteiger partial charge in [0.05, 0.1) is 25.4 Å². The Morgan fingerprint density at radius 1 is 0.673 bits per heavy atom. The Kier molecular flexibility index (Phi) is 13.9. The maximum Gasteiger partial charge on any atom is 0.331 e. The maximum absolute atomic E-state index is 13.3. The molecular formula is C35H46O20. The highest BCUT2D eigenvalue weighted by Crippen LogP contribution is 2.34. The van der Waals surface area contributed by atoms with Crippen molar-refractivity contribution in [2.24, 2.45) is 0 Å². The fraction of sp³-hybridized carbons (Fsp3) is 0.571. The van der Waals surface area contributed by atoms with Gasteiger partial charge in [-0.05, 0) is 55.3 Å². The summed E-state index contributed by atoms with van der Waals surface area (Å²) in [6.45, 7) is 1.49. The molecule has 2 aromatic rings. The van der Waals surface area contributed by atoms with E-state index in [2.05, 4.69) is 0 Å². The van der Waals surface area contributed by atoms with Gasteiger partial charge in [-0.15, -0.1) is 0 Å². The molecule has 0 aromatic heterocycles. The van der Waals surface area contributed by atoms with Crippen LogP contribution in [0.15, 0.2) is 42.5 Å². The van der Waals surface area contributed by atoms with E-state index in [0.717, 1.165) is 24.3 Å². The topological polar surface area (TPSA) is 324 Å². The molecule has 0 unspecified atom stereocenters. The molecule has 0 spiro atoms. The van der Waals surface area contributed by atoms with Crippen molar-refractivity contribution in [3.63, 3.8) is 0 Å². The van der Waals surface area contributed by atoms with Gasteiger partial charge < -0.3 is 94.4 Å². The van der Waals surface area contributed by atoms with Crippen molar-refractivity contribution in [1.82, 2.24) is 0 Å². The third kappa shape index (κ3) is 9.82. The molecule has 3 heterocycles. The van der Waals surface area contributed by atoms with Crippen molar-refractivity contribution >= 4 is 12.0 Å². The Balaban J connectivity index is 1.45. The molecule has 20 heteroatoms. The van der Waals surface area contributed by atoms with E-state index in [1.54, 1.807) is 0 Å². The second-order valence-corrected chi connectivity index (χ2v) is 13.4. The lowest BCUT2D eigenvalue weighted by Crippen LogP contribution is -2.65. The number of ether oxygens (including phenoxy) is 7. The Morgan fingerprint density at radius 2 is 1.24 bits per heavy atom. The van der Waals surface area contributed by atoms with Gasteiger partial charge in [-0.1, -0.05) is 12.1 Å². The number of phenols is 4. The number of aliphatic hydroxyl groups excluding tert-OH is 8. The summed E-state index contributed by atoms with van der Waals surface area (Å²) < 4.78 is 40.1. The van der Waals surface area contributed by atoms with Gasteiger partial charge in [0.2, 0.25) is 0 Å². The fourth-order valence-electron chi connectivity index (χ4n) is 6.10. The molecule has 0 radical (unpaired) electrons. The predicted molar refractivity (Wildman–Crippen MR) is 180 cm³/mol. The molecule has 2 aromatic carbocycles. The monoisotopic (exact) mass is 786 g/mol. The number of carbonyl (C=O) groups is 1. The summed E-state index contributed by atoms with van der Waals surface area (Å²) in [4.78, 5) is 13.3. The summed E-state index contributed by atoms with van der Waals surface area (Å²) in [5, 5.41) is 124. The Bertz CT molecular complexity index is 1620. The van der Waals surface area contributed by atoms with E-state index in [9.17, 15) is 66.1 Å². The van der Waals surface area contributed by atoms with Crippen LogP contribution in [0.4, 0.5) is 0 Å². The summed E-state index contributed by atoms with van der Waals surface area (Å²) in [5.41, 5.74) is 0.347. The number of carbonyl (C=O) groups excluding carboxylic acids is 1. The second-order valence-electron chi connectivity index (χ2n) is 13.4. The van der Waals surface area contributed by atoms with E-state index in [1.165, 1.54) is 38.1 Å². The van der Waals surface area contributed by atoms with E-state index < -0.39 is 140 Å². The van der Waals surface area contributed by atoms with Crippen LogP contribution >= 0.6 is 0 Å². The molecule has 0 saturated carbocycles. The van der Waals surface area contributed by atoms with E-state index in [-0.39, 0.29) is 11.1 Å². The van der Waals surface area contributed by atoms with Crippen LogP contribution in [0.25, 0.3) is 6.08 Å². The zero-order chi connectivity index (χ0) is 40.3. The average Bonchev–Trinajstić information content (AvgIpc) is 3.15. The fourth-order valence-corrected chi connectivity index (χ4v) is 6.10. The van der Waals surface area contributed by atoms with Crippen LogP contribution in [-0.2, 0) is 38.0 Å². The lowest BCUT2D eigenvalue weighted by Gasteiger charge is -2.47. The molecule has 306 valence electrons. The number of phenolic OH excluding ortho intramolecular Hbond substituents is 4. The van der Waals surface area contributed by atoms with E-state index >= 15 is 0 Å². The highest BCUT2D eigenvalue weighted by Gasteiger charge is 2.53. The first kappa shape index (κ1) is 42.4. The van der Waals surface area contributed by atoms with Crippen molar-refractivity contribution in [1.29, 1.82) is 0 Å². The summed E-state index contributed by atoms with van der Waals surface area (Å²) in [5.74, 6) is -2.98. The average molecular weight is 787 g/mol. The summed E-state index contributed by atoms with van der Waals surface area (Å²) in [7, 11) is 0. The first-order valence-electron chi connectivity index (χ1n) is 17.2. The van der Waals surface area contributed by atoms with Crippen molar-refractivity contribution < 1.29 is 99.2 Å². The standard InChI is InChI=1S/C35H46O20/c1-13-24(42)26(44)28(46)33(51-13)50-12-22-31(54-23(41)8-4-15-3-6-17(36)19(38)9-15)32(55-35-29(47)27(45)25(43)14(2)52-35)30(48)34(53-22)49-11-21(40)16-5-7-18(37)20(39)10-16/h3-10,13-14,21-22,24-40,42-48H,11-12H2,1-2H3/b8-4+/t13-,14-,21+,22+,24-,25-,26+,27+,28+,29+,30+,31+,32+,33+,34+,35-/m0/s1. The number of hydrogen-bond acceptors (Lipinski definition) is 20. The molecule has 3 aliphatic rings. The molecule has 0 bridgehead atoms. The second kappa shape index (κ2) is 18.0. The Labute approximate surface area is 313 Å². The Morgan fingerprint density at radius 3 is 1.85 bits per heavy atom. The number of benzene rings is 2. The van der Waals surface area contributed by atoms with Gasteiger partial charge in [0.25, 0.3) is 0 Å². The highest BCUT2D eigenvalue weighted by atomic mass is 16.8. The smallest absolute Gasteiger partial charge is 0.331 e. The molecule has 12 N–H and O–H groups in total. The van der Waals surface area contributed by atoms with Crippen LogP contribution < -0.4 is 0 Å². The van der Waals surface area contributed by atoms with E-state index in [0.29, 0.717) is 0 Å². The number of hydrogen-bond donors (Lipinski definition) is 12. The normalized spacial score (nSPS) is 37.5. The third-order valence-electron chi connectivity index (χ3n) is 9.41. The van der Waals surface area contributed by atoms with Gasteiger partial charge in [-0.25, -0.2) is 4.79 Å². The first-order valence-corrected chi connectivity index (χ1v) is 17.2. The lowest BCUT2D eigenvalue weighted by molar-refractivity contribution is -0.364. The summed E-state index contributed by atoms with van der Waals surface area (Å²) >= 11 is 0. The summed E-state index contributed by atoms with van der Waals surface area (Å²) in [6.07, 6.45) is -23.7. The molecule has 3 fully saturated rings. The minimum atomic E-state index is -1.95. The molecule has 3 saturated heterocycles. The van der Waals surface area contributed by atoms with Crippen molar-refractivity contribution in [2.45, 2.75) is 112 Å². The van der Waals surface area contributed by atoms with Crippen LogP contribution in [-0.4, -0.2) is 173 Å². The van der Waals surface area contributed by atoms with Crippen LogP contribution in [0.2, 0.25) is 0 Å². The van der Waals surface area contributed by atoms with Crippen molar-refractivity contribution in [3.05, 3.63) is 53.6 Å². The Hall–Kier alpha value is -3.71. The predicted octanol–water partition coefficient (Wildman–Crippen LogP) is -2.67. The lowest BCUT2D eigenvalue weighted by atomic mass is 9.96. The van der Waals surface area contributed by atoms with Gasteiger partial charge >= 0.3 is 5.97 Å². The van der Waals surface area contributed by atoms with Gasteiger partial charge in [0, 0.05) is 6.08 Å². The molecule has 5 rings (SSSR count). The number of esters is 1. The molecular weight excluding hydrogens is 740 g/mol. The van der Waals surface area contributed by atoms with Crippen LogP contribution in [0.3, 0.4) is 0 Å². The first-order chi connectivity index (χ1) is 26.0. The molecule has 16 atom stereocenters. The zero-order valence-corrected chi connectivity index (χ0v) is 29.4. The molecule has 20 nitrogen and oxygen atoms in total. The number of aromatic hydroxyl groups is 4. The van der Waals surface area contributed by atoms with Crippen molar-refractivity contribution in [2.75, 3.05) is 13.2 Å². The maximum atomic E-state index is 13.3. The van der Waals surface area contributed by atoms with E-state index in [4.69, 9.17) is 33.2 Å². The number of aliphatic hydroxyl groups is 8. The minimum Gasteiger partial charge on any atom is -0.504 e. The van der Waals surface area contributed by atoms with Crippen LogP contribution in [0.5, 0.6) is 23.0 Å². The molecule has 0 aliphatic carbocycles.